The molecule has 4 rings (SSSR count). The molecule has 10 heteroatoms. The third kappa shape index (κ3) is 4.61. The number of nitrogens with one attached hydrogen (secondary N) is 1. The number of carbonyl (C=O) groups is 1. The van der Waals surface area contributed by atoms with Crippen molar-refractivity contribution >= 4 is 32.7 Å². The Bertz CT molecular complexity index is 1230. The summed E-state index contributed by atoms with van der Waals surface area (Å²) in [4.78, 5) is 12.6. The summed E-state index contributed by atoms with van der Waals surface area (Å²) >= 11 is 0. The summed E-state index contributed by atoms with van der Waals surface area (Å²) in [5.41, 5.74) is 2.95. The zero-order valence-electron chi connectivity index (χ0n) is 18.2. The average molecular weight is 458 g/mol. The van der Waals surface area contributed by atoms with Crippen molar-refractivity contribution in [2.75, 3.05) is 25.5 Å². The number of sulfonamides is 1. The summed E-state index contributed by atoms with van der Waals surface area (Å²) in [5.74, 6) is 0.503. The SMILES string of the molecule is COc1ccc(C)cc1NC(=O)CCCn1nnc2cc(S(=O)(=O)N3CCCC3)ccc21. The molecule has 0 atom stereocenters. The molecule has 1 saturated heterocycles. The first-order valence-electron chi connectivity index (χ1n) is 10.7. The standard InChI is InChI=1S/C22H27N5O4S/c1-16-7-10-21(31-2)19(14-16)23-22(28)6-5-13-27-20-9-8-17(15-18(20)24-25-27)32(29,30)26-11-3-4-12-26/h7-10,14-15H,3-6,11-13H2,1-2H3,(H,23,28). The second kappa shape index (κ2) is 9.25. The van der Waals surface area contributed by atoms with Crippen molar-refractivity contribution < 1.29 is 17.9 Å². The Labute approximate surface area is 187 Å². The molecule has 1 aliphatic rings. The molecule has 1 aliphatic heterocycles. The minimum absolute atomic E-state index is 0.114. The molecule has 2 heterocycles. The molecule has 0 bridgehead atoms. The van der Waals surface area contributed by atoms with Gasteiger partial charge in [-0.25, -0.2) is 13.1 Å². The van der Waals surface area contributed by atoms with Gasteiger partial charge in [0.05, 0.1) is 23.2 Å². The van der Waals surface area contributed by atoms with Crippen LogP contribution in [0.5, 0.6) is 5.75 Å². The topological polar surface area (TPSA) is 106 Å². The number of ether oxygens (including phenoxy) is 1. The zero-order valence-corrected chi connectivity index (χ0v) is 19.1. The first-order valence-corrected chi connectivity index (χ1v) is 12.1. The van der Waals surface area contributed by atoms with Gasteiger partial charge in [-0.2, -0.15) is 4.31 Å². The average Bonchev–Trinajstić information content (AvgIpc) is 3.44. The van der Waals surface area contributed by atoms with Gasteiger partial charge in [0.2, 0.25) is 15.9 Å². The maximum Gasteiger partial charge on any atom is 0.243 e. The van der Waals surface area contributed by atoms with Crippen LogP contribution in [-0.2, 0) is 21.4 Å². The minimum Gasteiger partial charge on any atom is -0.495 e. The fraction of sp³-hybridized carbons (Fsp3) is 0.409. The monoisotopic (exact) mass is 457 g/mol. The number of rotatable bonds is 8. The molecule has 0 radical (unpaired) electrons. The van der Waals surface area contributed by atoms with E-state index in [0.29, 0.717) is 49.4 Å². The quantitative estimate of drug-likeness (QED) is 0.557. The summed E-state index contributed by atoms with van der Waals surface area (Å²) in [6.07, 6.45) is 2.65. The van der Waals surface area contributed by atoms with E-state index in [-0.39, 0.29) is 10.8 Å². The van der Waals surface area contributed by atoms with Gasteiger partial charge in [0.1, 0.15) is 11.3 Å². The van der Waals surface area contributed by atoms with Gasteiger partial charge in [0, 0.05) is 26.1 Å². The summed E-state index contributed by atoms with van der Waals surface area (Å²) in [5, 5.41) is 11.2. The zero-order chi connectivity index (χ0) is 22.7. The first kappa shape index (κ1) is 22.2. The third-order valence-corrected chi connectivity index (χ3v) is 7.49. The minimum atomic E-state index is -3.49. The third-order valence-electron chi connectivity index (χ3n) is 5.59. The van der Waals surface area contributed by atoms with Crippen LogP contribution in [0.2, 0.25) is 0 Å². The molecule has 170 valence electrons. The molecule has 1 amide bonds. The van der Waals surface area contributed by atoms with E-state index < -0.39 is 10.0 Å². The molecule has 0 unspecified atom stereocenters. The molecule has 1 N–H and O–H groups in total. The second-order valence-electron chi connectivity index (χ2n) is 7.93. The van der Waals surface area contributed by atoms with Crippen molar-refractivity contribution in [2.45, 2.75) is 44.0 Å². The van der Waals surface area contributed by atoms with Crippen LogP contribution < -0.4 is 10.1 Å². The summed E-state index contributed by atoms with van der Waals surface area (Å²) in [6, 6.07) is 10.5. The van der Waals surface area contributed by atoms with Crippen molar-refractivity contribution in [1.29, 1.82) is 0 Å². The van der Waals surface area contributed by atoms with Crippen LogP contribution in [0.25, 0.3) is 11.0 Å². The van der Waals surface area contributed by atoms with Crippen LogP contribution >= 0.6 is 0 Å². The Balaban J connectivity index is 1.39. The molecule has 9 nitrogen and oxygen atoms in total. The van der Waals surface area contributed by atoms with Crippen LogP contribution in [0.3, 0.4) is 0 Å². The largest absolute Gasteiger partial charge is 0.495 e. The highest BCUT2D eigenvalue weighted by molar-refractivity contribution is 7.89. The van der Waals surface area contributed by atoms with Gasteiger partial charge in [-0.05, 0) is 62.1 Å². The maximum atomic E-state index is 12.8. The Morgan fingerprint density at radius 2 is 1.94 bits per heavy atom. The van der Waals surface area contributed by atoms with Crippen LogP contribution in [-0.4, -0.2) is 53.8 Å². The predicted molar refractivity (Wildman–Crippen MR) is 121 cm³/mol. The number of benzene rings is 2. The van der Waals surface area contributed by atoms with E-state index >= 15 is 0 Å². The first-order chi connectivity index (χ1) is 15.4. The lowest BCUT2D eigenvalue weighted by Crippen LogP contribution is -2.27. The maximum absolute atomic E-state index is 12.8. The summed E-state index contributed by atoms with van der Waals surface area (Å²) < 4.78 is 34.0. The van der Waals surface area contributed by atoms with Gasteiger partial charge in [-0.15, -0.1) is 5.10 Å². The smallest absolute Gasteiger partial charge is 0.243 e. The molecule has 0 saturated carbocycles. The van der Waals surface area contributed by atoms with Crippen LogP contribution in [0.15, 0.2) is 41.3 Å². The lowest BCUT2D eigenvalue weighted by Gasteiger charge is -2.15. The molecule has 1 aromatic heterocycles. The Kier molecular flexibility index (Phi) is 6.43. The fourth-order valence-corrected chi connectivity index (χ4v) is 5.41. The molecule has 0 aliphatic carbocycles. The molecule has 3 aromatic rings. The Hall–Kier alpha value is -2.98. The second-order valence-corrected chi connectivity index (χ2v) is 9.87. The van der Waals surface area contributed by atoms with E-state index in [1.54, 1.807) is 30.0 Å². The number of aromatic nitrogens is 3. The molecule has 1 fully saturated rings. The summed E-state index contributed by atoms with van der Waals surface area (Å²) in [6.45, 7) is 3.56. The molecular weight excluding hydrogens is 430 g/mol. The fourth-order valence-electron chi connectivity index (χ4n) is 3.88. The van der Waals surface area contributed by atoms with Crippen molar-refractivity contribution in [2.24, 2.45) is 0 Å². The number of fused-ring (bicyclic) bond motifs is 1. The number of hydrogen-bond donors (Lipinski definition) is 1. The normalized spacial score (nSPS) is 14.7. The molecule has 0 spiro atoms. The predicted octanol–water partition coefficient (Wildman–Crippen LogP) is 2.95. The van der Waals surface area contributed by atoms with Crippen LogP contribution in [0.1, 0.15) is 31.2 Å². The van der Waals surface area contributed by atoms with Gasteiger partial charge in [-0.1, -0.05) is 11.3 Å². The lowest BCUT2D eigenvalue weighted by atomic mass is 10.2. The molecule has 2 aromatic carbocycles. The number of methoxy groups -OCH3 is 1. The van der Waals surface area contributed by atoms with Crippen LogP contribution in [0, 0.1) is 6.92 Å². The lowest BCUT2D eigenvalue weighted by molar-refractivity contribution is -0.116. The van der Waals surface area contributed by atoms with Gasteiger partial charge in [0.25, 0.3) is 0 Å². The Morgan fingerprint density at radius 3 is 2.69 bits per heavy atom. The molecule has 32 heavy (non-hydrogen) atoms. The highest BCUT2D eigenvalue weighted by Crippen LogP contribution is 2.26. The number of nitrogens with zero attached hydrogens (tertiary/aromatic N) is 4. The van der Waals surface area contributed by atoms with Gasteiger partial charge in [-0.3, -0.25) is 4.79 Å². The van der Waals surface area contributed by atoms with Gasteiger partial charge in [0.15, 0.2) is 0 Å². The Morgan fingerprint density at radius 1 is 1.16 bits per heavy atom. The van der Waals surface area contributed by atoms with Crippen molar-refractivity contribution in [3.05, 3.63) is 42.0 Å². The molecular formula is C22H27N5O4S. The van der Waals surface area contributed by atoms with E-state index in [1.807, 2.05) is 25.1 Å². The number of anilines is 1. The van der Waals surface area contributed by atoms with E-state index in [2.05, 4.69) is 15.6 Å². The van der Waals surface area contributed by atoms with Gasteiger partial charge >= 0.3 is 0 Å². The van der Waals surface area contributed by atoms with Gasteiger partial charge < -0.3 is 10.1 Å². The number of aryl methyl sites for hydroxylation is 2. The highest BCUT2D eigenvalue weighted by atomic mass is 32.2. The van der Waals surface area contributed by atoms with E-state index in [4.69, 9.17) is 4.74 Å². The van der Waals surface area contributed by atoms with Crippen molar-refractivity contribution in [1.82, 2.24) is 19.3 Å². The van der Waals surface area contributed by atoms with E-state index in [9.17, 15) is 13.2 Å². The van der Waals surface area contributed by atoms with Crippen molar-refractivity contribution in [3.63, 3.8) is 0 Å². The highest BCUT2D eigenvalue weighted by Gasteiger charge is 2.27. The summed E-state index contributed by atoms with van der Waals surface area (Å²) in [7, 11) is -1.93. The van der Waals surface area contributed by atoms with Crippen LogP contribution in [0.4, 0.5) is 5.69 Å². The number of carbonyl (C=O) groups excluding carboxylic acids is 1. The van der Waals surface area contributed by atoms with E-state index in [0.717, 1.165) is 23.9 Å². The van der Waals surface area contributed by atoms with Crippen molar-refractivity contribution in [3.8, 4) is 5.75 Å². The van der Waals surface area contributed by atoms with E-state index in [1.165, 1.54) is 4.31 Å². The number of hydrogen-bond acceptors (Lipinski definition) is 6. The number of amides is 1.